The van der Waals surface area contributed by atoms with Crippen LogP contribution in [0.1, 0.15) is 23.0 Å². The Morgan fingerprint density at radius 1 is 0.850 bits per heavy atom. The predicted molar refractivity (Wildman–Crippen MR) is 157 cm³/mol. The first kappa shape index (κ1) is 26.9. The fraction of sp³-hybridized carbons (Fsp3) is 0.250. The molecule has 1 saturated heterocycles. The van der Waals surface area contributed by atoms with Crippen molar-refractivity contribution in [2.75, 3.05) is 45.2 Å². The highest BCUT2D eigenvalue weighted by Crippen LogP contribution is 2.32. The second kappa shape index (κ2) is 12.0. The summed E-state index contributed by atoms with van der Waals surface area (Å²) in [6.07, 6.45) is 0. The van der Waals surface area contributed by atoms with Gasteiger partial charge in [0.05, 0.1) is 30.7 Å². The van der Waals surface area contributed by atoms with Gasteiger partial charge in [0.25, 0.3) is 5.91 Å². The number of hydrogen-bond acceptors (Lipinski definition) is 4. The van der Waals surface area contributed by atoms with Crippen LogP contribution in [0, 0.1) is 6.92 Å². The molecule has 8 heteroatoms. The zero-order valence-corrected chi connectivity index (χ0v) is 23.1. The Hall–Kier alpha value is -4.72. The van der Waals surface area contributed by atoms with Gasteiger partial charge in [-0.05, 0) is 49.7 Å². The van der Waals surface area contributed by atoms with Crippen molar-refractivity contribution < 1.29 is 19.1 Å². The number of aromatic nitrogens is 1. The Balaban J connectivity index is 1.35. The monoisotopic (exact) mass is 538 g/mol. The van der Waals surface area contributed by atoms with Crippen molar-refractivity contribution in [3.8, 4) is 28.4 Å². The molecule has 0 atom stereocenters. The van der Waals surface area contributed by atoms with E-state index in [1.54, 1.807) is 12.0 Å². The number of piperazine rings is 1. The van der Waals surface area contributed by atoms with Crippen molar-refractivity contribution in [3.05, 3.63) is 96.2 Å². The first-order valence-corrected chi connectivity index (χ1v) is 13.5. The number of amides is 3. The van der Waals surface area contributed by atoms with Crippen molar-refractivity contribution in [3.63, 3.8) is 0 Å². The number of carbonyl (C=O) groups is 2. The van der Waals surface area contributed by atoms with Crippen molar-refractivity contribution in [1.82, 2.24) is 14.4 Å². The minimum atomic E-state index is -0.203. The van der Waals surface area contributed by atoms with Crippen LogP contribution in [0.25, 0.3) is 16.9 Å². The van der Waals surface area contributed by atoms with Gasteiger partial charge < -0.3 is 29.2 Å². The van der Waals surface area contributed by atoms with Crippen LogP contribution in [0.2, 0.25) is 0 Å². The second-order valence-electron chi connectivity index (χ2n) is 9.57. The average molecular weight is 539 g/mol. The number of carbonyl (C=O) groups excluding carboxylic acids is 2. The van der Waals surface area contributed by atoms with E-state index in [4.69, 9.17) is 9.47 Å². The van der Waals surface area contributed by atoms with Gasteiger partial charge in [-0.15, -0.1) is 0 Å². The zero-order valence-electron chi connectivity index (χ0n) is 23.1. The number of rotatable bonds is 7. The van der Waals surface area contributed by atoms with Gasteiger partial charge in [-0.25, -0.2) is 4.79 Å². The maximum atomic E-state index is 13.8. The maximum Gasteiger partial charge on any atom is 0.322 e. The molecule has 1 aliphatic rings. The van der Waals surface area contributed by atoms with Crippen molar-refractivity contribution in [2.24, 2.45) is 0 Å². The number of para-hydroxylation sites is 2. The number of benzene rings is 3. The van der Waals surface area contributed by atoms with Gasteiger partial charge in [0.15, 0.2) is 0 Å². The lowest BCUT2D eigenvalue weighted by Gasteiger charge is -2.34. The molecule has 0 spiro atoms. The third-order valence-electron chi connectivity index (χ3n) is 7.14. The maximum absolute atomic E-state index is 13.8. The van der Waals surface area contributed by atoms with E-state index in [1.807, 2.05) is 104 Å². The number of urea groups is 1. The van der Waals surface area contributed by atoms with Crippen molar-refractivity contribution in [2.45, 2.75) is 13.8 Å². The highest BCUT2D eigenvalue weighted by Gasteiger charge is 2.28. The molecule has 0 unspecified atom stereocenters. The molecule has 5 rings (SSSR count). The van der Waals surface area contributed by atoms with Gasteiger partial charge >= 0.3 is 6.03 Å². The van der Waals surface area contributed by atoms with Gasteiger partial charge in [0.1, 0.15) is 11.5 Å². The molecule has 40 heavy (non-hydrogen) atoms. The molecule has 8 nitrogen and oxygen atoms in total. The molecule has 1 N–H and O–H groups in total. The molecule has 0 saturated carbocycles. The minimum Gasteiger partial charge on any atom is -0.497 e. The van der Waals surface area contributed by atoms with Crippen LogP contribution in [0.3, 0.4) is 0 Å². The van der Waals surface area contributed by atoms with E-state index < -0.39 is 0 Å². The molecule has 0 bridgehead atoms. The summed E-state index contributed by atoms with van der Waals surface area (Å²) in [5.74, 6) is 1.34. The van der Waals surface area contributed by atoms with Crippen LogP contribution < -0.4 is 14.8 Å². The number of anilines is 1. The van der Waals surface area contributed by atoms with Crippen LogP contribution in [0.15, 0.2) is 84.9 Å². The normalized spacial score (nSPS) is 13.2. The lowest BCUT2D eigenvalue weighted by atomic mass is 10.1. The van der Waals surface area contributed by atoms with E-state index in [0.29, 0.717) is 49.8 Å². The average Bonchev–Trinajstić information content (AvgIpc) is 3.35. The molecule has 3 aromatic carbocycles. The molecule has 206 valence electrons. The summed E-state index contributed by atoms with van der Waals surface area (Å²) < 4.78 is 13.2. The lowest BCUT2D eigenvalue weighted by Crippen LogP contribution is -2.51. The molecule has 2 heterocycles. The van der Waals surface area contributed by atoms with Crippen LogP contribution in [-0.2, 0) is 0 Å². The van der Waals surface area contributed by atoms with Crippen LogP contribution in [0.5, 0.6) is 11.5 Å². The quantitative estimate of drug-likeness (QED) is 0.320. The molecule has 3 amide bonds. The summed E-state index contributed by atoms with van der Waals surface area (Å²) >= 11 is 0. The Morgan fingerprint density at radius 2 is 1.55 bits per heavy atom. The molecule has 4 aromatic rings. The molecule has 1 fully saturated rings. The number of nitrogens with one attached hydrogen (secondary N) is 1. The Bertz CT molecular complexity index is 1490. The van der Waals surface area contributed by atoms with Gasteiger partial charge in [0, 0.05) is 43.6 Å². The third-order valence-corrected chi connectivity index (χ3v) is 7.14. The Kier molecular flexibility index (Phi) is 8.05. The standard InChI is InChI=1S/C32H34N4O4/c1-4-40-30-16-9-8-15-28(30)33-32(38)35-19-17-34(18-20-35)31(37)27-22-29(24-11-6-5-7-12-24)36(23(27)2)25-13-10-14-26(21-25)39-3/h5-16,21-22H,4,17-20H2,1-3H3,(H,33,38). The van der Waals surface area contributed by atoms with Gasteiger partial charge in [-0.1, -0.05) is 48.5 Å². The van der Waals surface area contributed by atoms with E-state index >= 15 is 0 Å². The molecule has 0 aliphatic carbocycles. The Morgan fingerprint density at radius 3 is 2.27 bits per heavy atom. The van der Waals surface area contributed by atoms with E-state index in [2.05, 4.69) is 9.88 Å². The smallest absolute Gasteiger partial charge is 0.322 e. The van der Waals surface area contributed by atoms with Crippen LogP contribution in [0.4, 0.5) is 10.5 Å². The van der Waals surface area contributed by atoms with Gasteiger partial charge in [-0.3, -0.25) is 4.79 Å². The summed E-state index contributed by atoms with van der Waals surface area (Å²) in [5, 5.41) is 2.95. The Labute approximate surface area is 234 Å². The summed E-state index contributed by atoms with van der Waals surface area (Å²) in [6, 6.07) is 27.0. The summed E-state index contributed by atoms with van der Waals surface area (Å²) in [6.45, 7) is 6.17. The fourth-order valence-electron chi connectivity index (χ4n) is 5.06. The molecule has 1 aliphatic heterocycles. The summed E-state index contributed by atoms with van der Waals surface area (Å²) in [4.78, 5) is 30.3. The van der Waals surface area contributed by atoms with Crippen molar-refractivity contribution in [1.29, 1.82) is 0 Å². The zero-order chi connectivity index (χ0) is 28.1. The van der Waals surface area contributed by atoms with Crippen molar-refractivity contribution >= 4 is 17.6 Å². The van der Waals surface area contributed by atoms with Gasteiger partial charge in [0.2, 0.25) is 0 Å². The summed E-state index contributed by atoms with van der Waals surface area (Å²) in [5.41, 5.74) is 5.00. The lowest BCUT2D eigenvalue weighted by molar-refractivity contribution is 0.0671. The topological polar surface area (TPSA) is 76.0 Å². The predicted octanol–water partition coefficient (Wildman–Crippen LogP) is 5.85. The highest BCUT2D eigenvalue weighted by atomic mass is 16.5. The van der Waals surface area contributed by atoms with E-state index in [1.165, 1.54) is 0 Å². The molecule has 1 aromatic heterocycles. The number of hydrogen-bond donors (Lipinski definition) is 1. The van der Waals surface area contributed by atoms with Crippen LogP contribution >= 0.6 is 0 Å². The molecular formula is C32H34N4O4. The number of methoxy groups -OCH3 is 1. The molecular weight excluding hydrogens is 504 g/mol. The van der Waals surface area contributed by atoms with Gasteiger partial charge in [-0.2, -0.15) is 0 Å². The first-order valence-electron chi connectivity index (χ1n) is 13.5. The fourth-order valence-corrected chi connectivity index (χ4v) is 5.06. The third kappa shape index (κ3) is 5.52. The number of ether oxygens (including phenoxy) is 2. The van der Waals surface area contributed by atoms with E-state index in [0.717, 1.165) is 28.4 Å². The SMILES string of the molecule is CCOc1ccccc1NC(=O)N1CCN(C(=O)c2cc(-c3ccccc3)n(-c3cccc(OC)c3)c2C)CC1. The minimum absolute atomic E-state index is 0.0434. The van der Waals surface area contributed by atoms with Crippen LogP contribution in [-0.4, -0.2) is 66.2 Å². The first-order chi connectivity index (χ1) is 19.5. The van der Waals surface area contributed by atoms with E-state index in [9.17, 15) is 9.59 Å². The van der Waals surface area contributed by atoms with E-state index in [-0.39, 0.29) is 11.9 Å². The summed E-state index contributed by atoms with van der Waals surface area (Å²) in [7, 11) is 1.65. The number of nitrogens with zero attached hydrogens (tertiary/aromatic N) is 3. The largest absolute Gasteiger partial charge is 0.497 e. The highest BCUT2D eigenvalue weighted by molar-refractivity contribution is 5.98. The second-order valence-corrected chi connectivity index (χ2v) is 9.57. The molecule has 0 radical (unpaired) electrons.